The average Bonchev–Trinajstić information content (AvgIpc) is 2.65. The number of hydrogen-bond donors (Lipinski definition) is 2. The number of guanidine groups is 1. The first-order valence-corrected chi connectivity index (χ1v) is 8.85. The number of benzene rings is 2. The van der Waals surface area contributed by atoms with Crippen molar-refractivity contribution in [2.75, 3.05) is 34.8 Å². The van der Waals surface area contributed by atoms with Gasteiger partial charge in [-0.05, 0) is 38.2 Å². The molecule has 0 fully saturated rings. The first-order chi connectivity index (χ1) is 12.6. The van der Waals surface area contributed by atoms with E-state index in [1.54, 1.807) is 14.2 Å². The number of aryl methyl sites for hydroxylation is 1. The quantitative estimate of drug-likeness (QED) is 0.593. The van der Waals surface area contributed by atoms with E-state index in [1.165, 1.54) is 11.1 Å². The van der Waals surface area contributed by atoms with Gasteiger partial charge in [0.05, 0.1) is 13.2 Å². The third kappa shape index (κ3) is 5.23. The smallest absolute Gasteiger partial charge is 0.191 e. The molecule has 0 radical (unpaired) electrons. The van der Waals surface area contributed by atoms with Gasteiger partial charge in [0.2, 0.25) is 0 Å². The third-order valence-electron chi connectivity index (χ3n) is 4.52. The number of para-hydroxylation sites is 1. The number of nitrogens with one attached hydrogen (secondary N) is 2. The van der Waals surface area contributed by atoms with Gasteiger partial charge in [-0.1, -0.05) is 42.5 Å². The Morgan fingerprint density at radius 1 is 1.08 bits per heavy atom. The second-order valence-corrected chi connectivity index (χ2v) is 6.45. The molecule has 0 aliphatic heterocycles. The summed E-state index contributed by atoms with van der Waals surface area (Å²) in [7, 11) is 7.65. The number of hydrogen-bond acceptors (Lipinski definition) is 3. The Morgan fingerprint density at radius 2 is 1.77 bits per heavy atom. The standard InChI is InChI=1S/C21H30N4O/c1-16-10-6-7-11-17(16)14-23-21(22-2)24-15-19(25(3)4)18-12-8-9-13-20(18)26-5/h6-13,19H,14-15H2,1-5H3,(H2,22,23,24). The van der Waals surface area contributed by atoms with Gasteiger partial charge in [-0.3, -0.25) is 4.99 Å². The summed E-state index contributed by atoms with van der Waals surface area (Å²) in [6, 6.07) is 16.7. The van der Waals surface area contributed by atoms with Crippen molar-refractivity contribution in [2.24, 2.45) is 4.99 Å². The molecule has 0 aliphatic carbocycles. The number of ether oxygens (including phenoxy) is 1. The minimum absolute atomic E-state index is 0.170. The molecular weight excluding hydrogens is 324 g/mol. The molecule has 0 spiro atoms. The Bertz CT molecular complexity index is 727. The number of rotatable bonds is 7. The van der Waals surface area contributed by atoms with Crippen LogP contribution in [0.1, 0.15) is 22.7 Å². The Hall–Kier alpha value is -2.53. The van der Waals surface area contributed by atoms with Crippen molar-refractivity contribution in [1.29, 1.82) is 0 Å². The summed E-state index contributed by atoms with van der Waals surface area (Å²) in [6.07, 6.45) is 0. The molecule has 0 saturated heterocycles. The summed E-state index contributed by atoms with van der Waals surface area (Å²) < 4.78 is 5.53. The van der Waals surface area contributed by atoms with E-state index >= 15 is 0 Å². The monoisotopic (exact) mass is 354 g/mol. The molecule has 0 aromatic heterocycles. The number of aliphatic imine (C=N–C) groups is 1. The van der Waals surface area contributed by atoms with Crippen LogP contribution in [0, 0.1) is 6.92 Å². The first-order valence-electron chi connectivity index (χ1n) is 8.85. The molecular formula is C21H30N4O. The Kier molecular flexibility index (Phi) is 7.48. The molecule has 2 rings (SSSR count). The fourth-order valence-corrected chi connectivity index (χ4v) is 2.91. The van der Waals surface area contributed by atoms with Gasteiger partial charge >= 0.3 is 0 Å². The summed E-state index contributed by atoms with van der Waals surface area (Å²) >= 11 is 0. The molecule has 5 heteroatoms. The SMILES string of the molecule is CN=C(NCc1ccccc1C)NCC(c1ccccc1OC)N(C)C. The van der Waals surface area contributed by atoms with Crippen molar-refractivity contribution in [3.8, 4) is 5.75 Å². The van der Waals surface area contributed by atoms with Crippen LogP contribution >= 0.6 is 0 Å². The largest absolute Gasteiger partial charge is 0.496 e. The molecule has 140 valence electrons. The van der Waals surface area contributed by atoms with Crippen LogP contribution in [0.4, 0.5) is 0 Å². The van der Waals surface area contributed by atoms with Crippen LogP contribution < -0.4 is 15.4 Å². The van der Waals surface area contributed by atoms with Gasteiger partial charge in [-0.2, -0.15) is 0 Å². The molecule has 1 atom stereocenters. The second-order valence-electron chi connectivity index (χ2n) is 6.45. The average molecular weight is 354 g/mol. The van der Waals surface area contributed by atoms with Crippen LogP contribution in [0.25, 0.3) is 0 Å². The van der Waals surface area contributed by atoms with Crippen LogP contribution in [-0.4, -0.2) is 45.7 Å². The Labute approximate surface area is 157 Å². The van der Waals surface area contributed by atoms with E-state index < -0.39 is 0 Å². The van der Waals surface area contributed by atoms with Gasteiger partial charge in [-0.15, -0.1) is 0 Å². The van der Waals surface area contributed by atoms with E-state index in [0.29, 0.717) is 0 Å². The lowest BCUT2D eigenvalue weighted by Crippen LogP contribution is -2.41. The van der Waals surface area contributed by atoms with Crippen molar-refractivity contribution in [2.45, 2.75) is 19.5 Å². The molecule has 2 N–H and O–H groups in total. The highest BCUT2D eigenvalue weighted by atomic mass is 16.5. The highest BCUT2D eigenvalue weighted by Crippen LogP contribution is 2.27. The van der Waals surface area contributed by atoms with E-state index in [1.807, 2.05) is 18.2 Å². The van der Waals surface area contributed by atoms with E-state index in [0.717, 1.165) is 30.4 Å². The predicted molar refractivity (Wildman–Crippen MR) is 109 cm³/mol. The van der Waals surface area contributed by atoms with Gasteiger partial charge in [0.25, 0.3) is 0 Å². The third-order valence-corrected chi connectivity index (χ3v) is 4.52. The zero-order chi connectivity index (χ0) is 18.9. The van der Waals surface area contributed by atoms with Gasteiger partial charge in [-0.25, -0.2) is 0 Å². The lowest BCUT2D eigenvalue weighted by molar-refractivity contribution is 0.287. The Morgan fingerprint density at radius 3 is 2.42 bits per heavy atom. The summed E-state index contributed by atoms with van der Waals surface area (Å²) in [5.41, 5.74) is 3.70. The molecule has 2 aromatic rings. The van der Waals surface area contributed by atoms with Crippen LogP contribution in [-0.2, 0) is 6.54 Å². The fourth-order valence-electron chi connectivity index (χ4n) is 2.91. The van der Waals surface area contributed by atoms with Crippen molar-refractivity contribution in [1.82, 2.24) is 15.5 Å². The summed E-state index contributed by atoms with van der Waals surface area (Å²) in [4.78, 5) is 6.53. The highest BCUT2D eigenvalue weighted by molar-refractivity contribution is 5.79. The summed E-state index contributed by atoms with van der Waals surface area (Å²) in [5, 5.41) is 6.82. The van der Waals surface area contributed by atoms with E-state index in [4.69, 9.17) is 4.74 Å². The molecule has 26 heavy (non-hydrogen) atoms. The topological polar surface area (TPSA) is 48.9 Å². The molecule has 0 heterocycles. The minimum atomic E-state index is 0.170. The minimum Gasteiger partial charge on any atom is -0.496 e. The zero-order valence-corrected chi connectivity index (χ0v) is 16.4. The van der Waals surface area contributed by atoms with Crippen molar-refractivity contribution in [3.05, 3.63) is 65.2 Å². The Balaban J connectivity index is 2.02. The molecule has 2 aromatic carbocycles. The molecule has 0 saturated carbocycles. The van der Waals surface area contributed by atoms with E-state index in [9.17, 15) is 0 Å². The van der Waals surface area contributed by atoms with Crippen molar-refractivity contribution in [3.63, 3.8) is 0 Å². The number of methoxy groups -OCH3 is 1. The van der Waals surface area contributed by atoms with Crippen LogP contribution in [0.5, 0.6) is 5.75 Å². The van der Waals surface area contributed by atoms with E-state index in [2.05, 4.69) is 71.9 Å². The van der Waals surface area contributed by atoms with Gasteiger partial charge in [0, 0.05) is 25.7 Å². The summed E-state index contributed by atoms with van der Waals surface area (Å²) in [6.45, 7) is 3.59. The van der Waals surface area contributed by atoms with Gasteiger partial charge in [0.1, 0.15) is 5.75 Å². The van der Waals surface area contributed by atoms with Crippen molar-refractivity contribution >= 4 is 5.96 Å². The van der Waals surface area contributed by atoms with Gasteiger partial charge < -0.3 is 20.3 Å². The predicted octanol–water partition coefficient (Wildman–Crippen LogP) is 2.97. The summed E-state index contributed by atoms with van der Waals surface area (Å²) in [5.74, 6) is 1.69. The maximum atomic E-state index is 5.53. The second kappa shape index (κ2) is 9.82. The lowest BCUT2D eigenvalue weighted by Gasteiger charge is -2.27. The van der Waals surface area contributed by atoms with Crippen molar-refractivity contribution < 1.29 is 4.74 Å². The maximum Gasteiger partial charge on any atom is 0.191 e. The van der Waals surface area contributed by atoms with E-state index in [-0.39, 0.29) is 6.04 Å². The lowest BCUT2D eigenvalue weighted by atomic mass is 10.0. The molecule has 5 nitrogen and oxygen atoms in total. The fraction of sp³-hybridized carbons (Fsp3) is 0.381. The number of nitrogens with zero attached hydrogens (tertiary/aromatic N) is 2. The molecule has 0 aliphatic rings. The molecule has 0 bridgehead atoms. The van der Waals surface area contributed by atoms with Crippen LogP contribution in [0.3, 0.4) is 0 Å². The van der Waals surface area contributed by atoms with Crippen LogP contribution in [0.15, 0.2) is 53.5 Å². The zero-order valence-electron chi connectivity index (χ0n) is 16.4. The number of likely N-dealkylation sites (N-methyl/N-ethyl adjacent to an activating group) is 1. The normalized spacial score (nSPS) is 12.8. The molecule has 1 unspecified atom stereocenters. The van der Waals surface area contributed by atoms with Crippen LogP contribution in [0.2, 0.25) is 0 Å². The van der Waals surface area contributed by atoms with Gasteiger partial charge in [0.15, 0.2) is 5.96 Å². The molecule has 0 amide bonds. The maximum absolute atomic E-state index is 5.53. The first kappa shape index (κ1) is 19.8. The highest BCUT2D eigenvalue weighted by Gasteiger charge is 2.18.